The zero-order chi connectivity index (χ0) is 18.8. The van der Waals surface area contributed by atoms with Gasteiger partial charge in [0.05, 0.1) is 24.4 Å². The normalized spacial score (nSPS) is 17.9. The van der Waals surface area contributed by atoms with Crippen LogP contribution in [0.15, 0.2) is 36.4 Å². The zero-order valence-electron chi connectivity index (χ0n) is 15.0. The number of hydrogen-bond acceptors (Lipinski definition) is 6. The predicted molar refractivity (Wildman–Crippen MR) is 103 cm³/mol. The topological polar surface area (TPSA) is 55.3 Å². The van der Waals surface area contributed by atoms with Gasteiger partial charge in [0, 0.05) is 19.0 Å². The van der Waals surface area contributed by atoms with Gasteiger partial charge in [0.2, 0.25) is 0 Å². The molecule has 1 saturated heterocycles. The SMILES string of the molecule is COc1ccc(F)cc1C(=O)[C@@H]1CCCN(Cc2ccc3nsnc3c2)C1. The summed E-state index contributed by atoms with van der Waals surface area (Å²) in [6.45, 7) is 2.36. The number of carbonyl (C=O) groups excluding carboxylic acids is 1. The van der Waals surface area contributed by atoms with Gasteiger partial charge < -0.3 is 4.74 Å². The minimum atomic E-state index is -0.419. The van der Waals surface area contributed by atoms with Crippen LogP contribution in [0, 0.1) is 11.7 Å². The van der Waals surface area contributed by atoms with Crippen molar-refractivity contribution < 1.29 is 13.9 Å². The van der Waals surface area contributed by atoms with E-state index in [-0.39, 0.29) is 11.7 Å². The molecular formula is C20H20FN3O2S. The second-order valence-corrected chi connectivity index (χ2v) is 7.40. The van der Waals surface area contributed by atoms with Crippen molar-refractivity contribution >= 4 is 28.5 Å². The Kier molecular flexibility index (Phi) is 5.13. The van der Waals surface area contributed by atoms with Gasteiger partial charge in [0.1, 0.15) is 22.6 Å². The number of hydrogen-bond donors (Lipinski definition) is 0. The van der Waals surface area contributed by atoms with Crippen LogP contribution in [-0.2, 0) is 6.54 Å². The van der Waals surface area contributed by atoms with E-state index in [2.05, 4.69) is 25.8 Å². The number of halogens is 1. The summed E-state index contributed by atoms with van der Waals surface area (Å²) in [6, 6.07) is 10.2. The number of Topliss-reactive ketones (excluding diaryl/α,β-unsaturated/α-hetero) is 1. The molecule has 5 nitrogen and oxygen atoms in total. The second kappa shape index (κ2) is 7.70. The van der Waals surface area contributed by atoms with Crippen LogP contribution < -0.4 is 4.74 Å². The molecule has 2 aromatic carbocycles. The first-order valence-corrected chi connectivity index (χ1v) is 9.68. The van der Waals surface area contributed by atoms with Crippen LogP contribution >= 0.6 is 11.7 Å². The van der Waals surface area contributed by atoms with E-state index in [1.807, 2.05) is 6.07 Å². The van der Waals surface area contributed by atoms with Crippen molar-refractivity contribution in [1.82, 2.24) is 13.6 Å². The van der Waals surface area contributed by atoms with Gasteiger partial charge in [-0.05, 0) is 55.3 Å². The van der Waals surface area contributed by atoms with Crippen LogP contribution in [-0.4, -0.2) is 39.6 Å². The molecule has 0 unspecified atom stereocenters. The van der Waals surface area contributed by atoms with Gasteiger partial charge in [-0.25, -0.2) is 4.39 Å². The highest BCUT2D eigenvalue weighted by Crippen LogP contribution is 2.28. The fourth-order valence-electron chi connectivity index (χ4n) is 3.69. The van der Waals surface area contributed by atoms with E-state index in [4.69, 9.17) is 4.74 Å². The highest BCUT2D eigenvalue weighted by Gasteiger charge is 2.28. The summed E-state index contributed by atoms with van der Waals surface area (Å²) in [6.07, 6.45) is 1.75. The summed E-state index contributed by atoms with van der Waals surface area (Å²) in [5, 5.41) is 0. The van der Waals surface area contributed by atoms with Crippen molar-refractivity contribution in [2.45, 2.75) is 19.4 Å². The third-order valence-corrected chi connectivity index (χ3v) is 5.58. The molecule has 1 aliphatic rings. The van der Waals surface area contributed by atoms with Crippen LogP contribution in [0.2, 0.25) is 0 Å². The van der Waals surface area contributed by atoms with Gasteiger partial charge in [-0.15, -0.1) is 0 Å². The van der Waals surface area contributed by atoms with E-state index in [1.165, 1.54) is 37.0 Å². The van der Waals surface area contributed by atoms with Gasteiger partial charge in [-0.1, -0.05) is 6.07 Å². The molecule has 27 heavy (non-hydrogen) atoms. The van der Waals surface area contributed by atoms with Gasteiger partial charge in [-0.3, -0.25) is 9.69 Å². The van der Waals surface area contributed by atoms with Crippen molar-refractivity contribution in [3.63, 3.8) is 0 Å². The molecule has 3 aromatic rings. The number of methoxy groups -OCH3 is 1. The molecule has 0 saturated carbocycles. The minimum Gasteiger partial charge on any atom is -0.496 e. The molecule has 4 rings (SSSR count). The van der Waals surface area contributed by atoms with Gasteiger partial charge in [-0.2, -0.15) is 8.75 Å². The third kappa shape index (κ3) is 3.84. The standard InChI is InChI=1S/C20H20FN3O2S/c1-26-19-7-5-15(21)10-16(19)20(25)14-3-2-8-24(12-14)11-13-4-6-17-18(9-13)23-27-22-17/h4-7,9-10,14H,2-3,8,11-12H2,1H3/t14-/m1/s1. The molecule has 0 spiro atoms. The Morgan fingerprint density at radius 2 is 2.11 bits per heavy atom. The number of rotatable bonds is 5. The highest BCUT2D eigenvalue weighted by molar-refractivity contribution is 7.00. The van der Waals surface area contributed by atoms with Crippen molar-refractivity contribution in [1.29, 1.82) is 0 Å². The van der Waals surface area contributed by atoms with Crippen molar-refractivity contribution in [2.75, 3.05) is 20.2 Å². The fourth-order valence-corrected chi connectivity index (χ4v) is 4.21. The summed E-state index contributed by atoms with van der Waals surface area (Å²) < 4.78 is 27.4. The monoisotopic (exact) mass is 385 g/mol. The Balaban J connectivity index is 1.49. The second-order valence-electron chi connectivity index (χ2n) is 6.87. The molecule has 1 atom stereocenters. The van der Waals surface area contributed by atoms with Crippen LogP contribution in [0.4, 0.5) is 4.39 Å². The lowest BCUT2D eigenvalue weighted by Gasteiger charge is -2.32. The molecule has 7 heteroatoms. The van der Waals surface area contributed by atoms with E-state index in [0.29, 0.717) is 17.9 Å². The van der Waals surface area contributed by atoms with E-state index < -0.39 is 5.82 Å². The number of nitrogens with zero attached hydrogens (tertiary/aromatic N) is 3. The Labute approximate surface area is 161 Å². The number of aromatic nitrogens is 2. The molecule has 0 amide bonds. The number of carbonyl (C=O) groups is 1. The molecule has 140 valence electrons. The number of likely N-dealkylation sites (tertiary alicyclic amines) is 1. The van der Waals surface area contributed by atoms with Crippen molar-refractivity contribution in [3.8, 4) is 5.75 Å². The summed E-state index contributed by atoms with van der Waals surface area (Å²) in [5.41, 5.74) is 3.31. The Bertz CT molecular complexity index is 975. The summed E-state index contributed by atoms with van der Waals surface area (Å²) >= 11 is 1.21. The largest absolute Gasteiger partial charge is 0.496 e. The maximum atomic E-state index is 13.6. The van der Waals surface area contributed by atoms with Crippen LogP contribution in [0.1, 0.15) is 28.8 Å². The quantitative estimate of drug-likeness (QED) is 0.623. The summed E-state index contributed by atoms with van der Waals surface area (Å²) in [4.78, 5) is 15.3. The number of piperidine rings is 1. The Hall–Kier alpha value is -2.38. The van der Waals surface area contributed by atoms with Crippen molar-refractivity contribution in [3.05, 3.63) is 53.3 Å². The number of fused-ring (bicyclic) bond motifs is 1. The number of ether oxygens (including phenoxy) is 1. The fraction of sp³-hybridized carbons (Fsp3) is 0.350. The third-order valence-electron chi connectivity index (χ3n) is 5.03. The first-order chi connectivity index (χ1) is 13.1. The first-order valence-electron chi connectivity index (χ1n) is 8.95. The van der Waals surface area contributed by atoms with Crippen LogP contribution in [0.5, 0.6) is 5.75 Å². The van der Waals surface area contributed by atoms with E-state index in [1.54, 1.807) is 0 Å². The highest BCUT2D eigenvalue weighted by atomic mass is 32.1. The molecule has 1 fully saturated rings. The molecule has 0 bridgehead atoms. The molecule has 0 radical (unpaired) electrons. The average Bonchev–Trinajstić information content (AvgIpc) is 3.15. The molecule has 1 aromatic heterocycles. The molecule has 0 aliphatic carbocycles. The lowest BCUT2D eigenvalue weighted by molar-refractivity contribution is 0.0808. The van der Waals surface area contributed by atoms with E-state index in [0.717, 1.165) is 42.5 Å². The predicted octanol–water partition coefficient (Wildman–Crippen LogP) is 3.93. The lowest BCUT2D eigenvalue weighted by atomic mass is 9.89. The van der Waals surface area contributed by atoms with Crippen molar-refractivity contribution in [2.24, 2.45) is 5.92 Å². The van der Waals surface area contributed by atoms with Crippen LogP contribution in [0.25, 0.3) is 11.0 Å². The van der Waals surface area contributed by atoms with E-state index in [9.17, 15) is 9.18 Å². The molecule has 0 N–H and O–H groups in total. The van der Waals surface area contributed by atoms with Gasteiger partial charge >= 0.3 is 0 Å². The Morgan fingerprint density at radius 1 is 1.26 bits per heavy atom. The summed E-state index contributed by atoms with van der Waals surface area (Å²) in [7, 11) is 1.50. The maximum Gasteiger partial charge on any atom is 0.171 e. The lowest BCUT2D eigenvalue weighted by Crippen LogP contribution is -2.38. The van der Waals surface area contributed by atoms with Crippen LogP contribution in [0.3, 0.4) is 0 Å². The number of ketones is 1. The molecular weight excluding hydrogens is 365 g/mol. The summed E-state index contributed by atoms with van der Waals surface area (Å²) in [5.74, 6) is -0.189. The molecule has 1 aliphatic heterocycles. The van der Waals surface area contributed by atoms with Gasteiger partial charge in [0.15, 0.2) is 5.78 Å². The number of benzene rings is 2. The first kappa shape index (κ1) is 18.0. The smallest absolute Gasteiger partial charge is 0.171 e. The Morgan fingerprint density at radius 3 is 2.96 bits per heavy atom. The maximum absolute atomic E-state index is 13.6. The average molecular weight is 385 g/mol. The van der Waals surface area contributed by atoms with Gasteiger partial charge in [0.25, 0.3) is 0 Å². The zero-order valence-corrected chi connectivity index (χ0v) is 15.8. The minimum absolute atomic E-state index is 0.0461. The molecule has 2 heterocycles. The van der Waals surface area contributed by atoms with E-state index >= 15 is 0 Å².